The van der Waals surface area contributed by atoms with Crippen molar-refractivity contribution >= 4 is 17.3 Å². The summed E-state index contributed by atoms with van der Waals surface area (Å²) in [5.74, 6) is 0.749. The molecule has 2 N–H and O–H groups in total. The molecule has 0 saturated heterocycles. The maximum Gasteiger partial charge on any atom is 0.224 e. The second-order valence-electron chi connectivity index (χ2n) is 5.48. The molecule has 0 aromatic heterocycles. The second-order valence-corrected chi connectivity index (χ2v) is 5.48. The average molecular weight is 276 g/mol. The van der Waals surface area contributed by atoms with Crippen LogP contribution in [0.15, 0.2) is 18.2 Å². The van der Waals surface area contributed by atoms with Crippen molar-refractivity contribution in [3.05, 3.63) is 23.8 Å². The fourth-order valence-electron chi connectivity index (χ4n) is 2.28. The van der Waals surface area contributed by atoms with E-state index < -0.39 is 0 Å². The molecule has 20 heavy (non-hydrogen) atoms. The van der Waals surface area contributed by atoms with Crippen LogP contribution in [0.2, 0.25) is 0 Å². The van der Waals surface area contributed by atoms with Crippen LogP contribution in [-0.2, 0) is 9.53 Å². The van der Waals surface area contributed by atoms with Crippen molar-refractivity contribution in [3.8, 4) is 0 Å². The molecular formula is C16H24N2O2. The molecule has 1 aromatic carbocycles. The lowest BCUT2D eigenvalue weighted by Crippen LogP contribution is -2.27. The Kier molecular flexibility index (Phi) is 5.01. The van der Waals surface area contributed by atoms with Crippen LogP contribution in [0.5, 0.6) is 0 Å². The molecular weight excluding hydrogens is 252 g/mol. The van der Waals surface area contributed by atoms with Crippen molar-refractivity contribution < 1.29 is 9.53 Å². The second kappa shape index (κ2) is 6.75. The Morgan fingerprint density at radius 1 is 1.45 bits per heavy atom. The minimum Gasteiger partial charge on any atom is -0.383 e. The molecule has 1 atom stereocenters. The summed E-state index contributed by atoms with van der Waals surface area (Å²) in [5, 5.41) is 6.46. The monoisotopic (exact) mass is 276 g/mol. The highest BCUT2D eigenvalue weighted by molar-refractivity contribution is 5.91. The van der Waals surface area contributed by atoms with E-state index in [1.54, 1.807) is 7.11 Å². The van der Waals surface area contributed by atoms with Gasteiger partial charge in [0.1, 0.15) is 0 Å². The fraction of sp³-hybridized carbons (Fsp3) is 0.562. The molecule has 1 amide bonds. The SMILES string of the molecule is CCC(=O)Nc1ccc(C)c(NC(COC)C2CC2)c1. The van der Waals surface area contributed by atoms with E-state index in [2.05, 4.69) is 17.6 Å². The molecule has 0 aliphatic heterocycles. The van der Waals surface area contributed by atoms with Gasteiger partial charge in [-0.2, -0.15) is 0 Å². The highest BCUT2D eigenvalue weighted by Gasteiger charge is 2.31. The first-order valence-corrected chi connectivity index (χ1v) is 7.30. The zero-order valence-electron chi connectivity index (χ0n) is 12.5. The van der Waals surface area contributed by atoms with Gasteiger partial charge in [-0.1, -0.05) is 13.0 Å². The van der Waals surface area contributed by atoms with Crippen LogP contribution in [0.3, 0.4) is 0 Å². The summed E-state index contributed by atoms with van der Waals surface area (Å²) in [6.45, 7) is 4.64. The Bertz CT molecular complexity index is 470. The molecule has 1 saturated carbocycles. The summed E-state index contributed by atoms with van der Waals surface area (Å²) < 4.78 is 5.30. The first kappa shape index (κ1) is 14.9. The summed E-state index contributed by atoms with van der Waals surface area (Å²) in [5.41, 5.74) is 3.10. The van der Waals surface area contributed by atoms with Crippen LogP contribution in [-0.4, -0.2) is 25.7 Å². The van der Waals surface area contributed by atoms with E-state index in [4.69, 9.17) is 4.74 Å². The van der Waals surface area contributed by atoms with Gasteiger partial charge in [-0.15, -0.1) is 0 Å². The van der Waals surface area contributed by atoms with E-state index in [1.165, 1.54) is 18.4 Å². The highest BCUT2D eigenvalue weighted by Crippen LogP contribution is 2.35. The Morgan fingerprint density at radius 2 is 2.20 bits per heavy atom. The smallest absolute Gasteiger partial charge is 0.224 e. The summed E-state index contributed by atoms with van der Waals surface area (Å²) in [7, 11) is 1.74. The average Bonchev–Trinajstić information content (AvgIpc) is 3.26. The molecule has 1 aliphatic rings. The third-order valence-corrected chi connectivity index (χ3v) is 3.72. The number of anilines is 2. The molecule has 0 spiro atoms. The van der Waals surface area contributed by atoms with Crippen molar-refractivity contribution in [1.82, 2.24) is 0 Å². The number of amides is 1. The fourth-order valence-corrected chi connectivity index (χ4v) is 2.28. The Hall–Kier alpha value is -1.55. The Labute approximate surface area is 120 Å². The van der Waals surface area contributed by atoms with Gasteiger partial charge in [0.2, 0.25) is 5.91 Å². The topological polar surface area (TPSA) is 50.4 Å². The lowest BCUT2D eigenvalue weighted by Gasteiger charge is -2.21. The van der Waals surface area contributed by atoms with Gasteiger partial charge in [0.25, 0.3) is 0 Å². The number of aryl methyl sites for hydroxylation is 1. The molecule has 1 aliphatic carbocycles. The van der Waals surface area contributed by atoms with Crippen molar-refractivity contribution in [2.75, 3.05) is 24.4 Å². The standard InChI is InChI=1S/C16H24N2O2/c1-4-16(19)17-13-8-5-11(2)14(9-13)18-15(10-20-3)12-6-7-12/h5,8-9,12,15,18H,4,6-7,10H2,1-3H3,(H,17,19). The van der Waals surface area contributed by atoms with Gasteiger partial charge >= 0.3 is 0 Å². The minimum absolute atomic E-state index is 0.0374. The molecule has 4 heteroatoms. The summed E-state index contributed by atoms with van der Waals surface area (Å²) >= 11 is 0. The van der Waals surface area contributed by atoms with Crippen molar-refractivity contribution in [1.29, 1.82) is 0 Å². The number of carbonyl (C=O) groups is 1. The summed E-state index contributed by atoms with van der Waals surface area (Å²) in [4.78, 5) is 11.5. The van der Waals surface area contributed by atoms with Crippen molar-refractivity contribution in [3.63, 3.8) is 0 Å². The van der Waals surface area contributed by atoms with Crippen LogP contribution in [0.25, 0.3) is 0 Å². The maximum absolute atomic E-state index is 11.5. The molecule has 0 bridgehead atoms. The first-order valence-electron chi connectivity index (χ1n) is 7.30. The molecule has 2 rings (SSSR count). The Balaban J connectivity index is 2.08. The van der Waals surface area contributed by atoms with Crippen LogP contribution in [0, 0.1) is 12.8 Å². The lowest BCUT2D eigenvalue weighted by molar-refractivity contribution is -0.115. The molecule has 0 heterocycles. The molecule has 110 valence electrons. The third kappa shape index (κ3) is 3.97. The number of rotatable bonds is 7. The largest absolute Gasteiger partial charge is 0.383 e. The van der Waals surface area contributed by atoms with Crippen LogP contribution in [0.4, 0.5) is 11.4 Å². The number of carbonyl (C=O) groups excluding carboxylic acids is 1. The van der Waals surface area contributed by atoms with Gasteiger partial charge in [-0.25, -0.2) is 0 Å². The zero-order chi connectivity index (χ0) is 14.5. The highest BCUT2D eigenvalue weighted by atomic mass is 16.5. The first-order chi connectivity index (χ1) is 9.63. The quantitative estimate of drug-likeness (QED) is 0.804. The zero-order valence-corrected chi connectivity index (χ0v) is 12.5. The van der Waals surface area contributed by atoms with Gasteiger partial charge in [0, 0.05) is 24.9 Å². The number of methoxy groups -OCH3 is 1. The van der Waals surface area contributed by atoms with Crippen LogP contribution >= 0.6 is 0 Å². The molecule has 1 aromatic rings. The molecule has 1 unspecified atom stereocenters. The molecule has 4 nitrogen and oxygen atoms in total. The number of nitrogens with one attached hydrogen (secondary N) is 2. The third-order valence-electron chi connectivity index (χ3n) is 3.72. The van der Waals surface area contributed by atoms with Gasteiger partial charge in [-0.05, 0) is 43.4 Å². The van der Waals surface area contributed by atoms with E-state index in [1.807, 2.05) is 25.1 Å². The number of benzene rings is 1. The van der Waals surface area contributed by atoms with E-state index in [9.17, 15) is 4.79 Å². The Morgan fingerprint density at radius 3 is 2.80 bits per heavy atom. The molecule has 0 radical (unpaired) electrons. The van der Waals surface area contributed by atoms with Gasteiger partial charge < -0.3 is 15.4 Å². The van der Waals surface area contributed by atoms with E-state index in [0.717, 1.165) is 18.0 Å². The molecule has 1 fully saturated rings. The number of ether oxygens (including phenoxy) is 1. The summed E-state index contributed by atoms with van der Waals surface area (Å²) in [6.07, 6.45) is 3.03. The van der Waals surface area contributed by atoms with E-state index >= 15 is 0 Å². The predicted molar refractivity (Wildman–Crippen MR) is 82.1 cm³/mol. The van der Waals surface area contributed by atoms with Crippen LogP contribution in [0.1, 0.15) is 31.7 Å². The lowest BCUT2D eigenvalue weighted by atomic mass is 10.1. The van der Waals surface area contributed by atoms with E-state index in [0.29, 0.717) is 18.4 Å². The number of hydrogen-bond acceptors (Lipinski definition) is 3. The van der Waals surface area contributed by atoms with Crippen molar-refractivity contribution in [2.24, 2.45) is 5.92 Å². The normalized spacial score (nSPS) is 15.8. The van der Waals surface area contributed by atoms with Gasteiger partial charge in [0.15, 0.2) is 0 Å². The number of hydrogen-bond donors (Lipinski definition) is 2. The summed E-state index contributed by atoms with van der Waals surface area (Å²) in [6, 6.07) is 6.34. The van der Waals surface area contributed by atoms with Gasteiger partial charge in [0.05, 0.1) is 12.6 Å². The maximum atomic E-state index is 11.5. The van der Waals surface area contributed by atoms with Crippen molar-refractivity contribution in [2.45, 2.75) is 39.2 Å². The predicted octanol–water partition coefficient (Wildman–Crippen LogP) is 3.18. The minimum atomic E-state index is 0.0374. The van der Waals surface area contributed by atoms with E-state index in [-0.39, 0.29) is 5.91 Å². The van der Waals surface area contributed by atoms with Crippen LogP contribution < -0.4 is 10.6 Å². The van der Waals surface area contributed by atoms with Gasteiger partial charge in [-0.3, -0.25) is 4.79 Å².